The molecule has 0 bridgehead atoms. The molecule has 1 fully saturated rings. The molecule has 6 nitrogen and oxygen atoms in total. The lowest BCUT2D eigenvalue weighted by atomic mass is 10.1. The average Bonchev–Trinajstić information content (AvgIpc) is 2.79. The molecule has 184 valence electrons. The molecule has 2 aliphatic heterocycles. The van der Waals surface area contributed by atoms with Crippen molar-refractivity contribution in [3.63, 3.8) is 0 Å². The number of para-hydroxylation sites is 1. The summed E-state index contributed by atoms with van der Waals surface area (Å²) < 4.78 is 40.2. The fourth-order valence-electron chi connectivity index (χ4n) is 4.39. The SMILES string of the molecule is CC(CN1CCN(CC(O)CN2c3ccccc3Sc3ccc(C(F)(F)F)cc32)CC1)C(=O)O. The zero-order valence-corrected chi connectivity index (χ0v) is 19.6. The zero-order valence-electron chi connectivity index (χ0n) is 18.8. The molecule has 4 rings (SSSR count). The van der Waals surface area contributed by atoms with Gasteiger partial charge in [-0.05, 0) is 30.3 Å². The Morgan fingerprint density at radius 2 is 1.59 bits per heavy atom. The van der Waals surface area contributed by atoms with E-state index in [0.717, 1.165) is 27.6 Å². The number of aliphatic carboxylic acids is 1. The van der Waals surface area contributed by atoms with Crippen LogP contribution in [-0.4, -0.2) is 77.9 Å². The number of carboxylic acid groups (broad SMARTS) is 1. The summed E-state index contributed by atoms with van der Waals surface area (Å²) in [7, 11) is 0. The Kier molecular flexibility index (Phi) is 7.42. The highest BCUT2D eigenvalue weighted by Gasteiger charge is 2.34. The number of carboxylic acids is 1. The van der Waals surface area contributed by atoms with E-state index in [1.165, 1.54) is 17.8 Å². The second-order valence-corrected chi connectivity index (χ2v) is 9.94. The van der Waals surface area contributed by atoms with Gasteiger partial charge < -0.3 is 15.1 Å². The normalized spacial score (nSPS) is 18.8. The Morgan fingerprint density at radius 1 is 0.971 bits per heavy atom. The van der Waals surface area contributed by atoms with Gasteiger partial charge in [-0.15, -0.1) is 0 Å². The van der Waals surface area contributed by atoms with Crippen LogP contribution in [0.15, 0.2) is 52.3 Å². The molecule has 2 aromatic carbocycles. The number of fused-ring (bicyclic) bond motifs is 2. The number of nitrogens with zero attached hydrogens (tertiary/aromatic N) is 3. The Hall–Kier alpha value is -2.27. The number of aliphatic hydroxyl groups excluding tert-OH is 1. The van der Waals surface area contributed by atoms with Crippen LogP contribution in [0.2, 0.25) is 0 Å². The van der Waals surface area contributed by atoms with E-state index < -0.39 is 29.7 Å². The molecule has 0 spiro atoms. The van der Waals surface area contributed by atoms with Crippen LogP contribution >= 0.6 is 11.8 Å². The third-order valence-corrected chi connectivity index (χ3v) is 7.36. The molecular formula is C24H28F3N3O3S. The number of carbonyl (C=O) groups is 1. The van der Waals surface area contributed by atoms with Crippen LogP contribution < -0.4 is 4.90 Å². The lowest BCUT2D eigenvalue weighted by molar-refractivity contribution is -0.142. The fourth-order valence-corrected chi connectivity index (χ4v) is 5.46. The molecular weight excluding hydrogens is 467 g/mol. The van der Waals surface area contributed by atoms with Gasteiger partial charge >= 0.3 is 12.1 Å². The maximum atomic E-state index is 13.4. The molecule has 2 aliphatic rings. The quantitative estimate of drug-likeness (QED) is 0.602. The Balaban J connectivity index is 1.45. The molecule has 2 unspecified atom stereocenters. The maximum absolute atomic E-state index is 13.4. The van der Waals surface area contributed by atoms with Gasteiger partial charge in [-0.1, -0.05) is 30.8 Å². The summed E-state index contributed by atoms with van der Waals surface area (Å²) in [5, 5.41) is 20.0. The van der Waals surface area contributed by atoms with Crippen molar-refractivity contribution in [2.75, 3.05) is 50.7 Å². The first-order chi connectivity index (χ1) is 16.1. The van der Waals surface area contributed by atoms with E-state index in [9.17, 15) is 23.1 Å². The van der Waals surface area contributed by atoms with E-state index in [1.807, 2.05) is 24.3 Å². The topological polar surface area (TPSA) is 67.2 Å². The van der Waals surface area contributed by atoms with Crippen molar-refractivity contribution >= 4 is 29.1 Å². The minimum Gasteiger partial charge on any atom is -0.481 e. The summed E-state index contributed by atoms with van der Waals surface area (Å²) in [6, 6.07) is 11.3. The van der Waals surface area contributed by atoms with Crippen LogP contribution in [0.3, 0.4) is 0 Å². The van der Waals surface area contributed by atoms with E-state index in [4.69, 9.17) is 5.11 Å². The highest BCUT2D eigenvalue weighted by Crippen LogP contribution is 2.49. The van der Waals surface area contributed by atoms with Crippen LogP contribution in [0.1, 0.15) is 12.5 Å². The van der Waals surface area contributed by atoms with Gasteiger partial charge in [0.25, 0.3) is 0 Å². The number of halogens is 3. The monoisotopic (exact) mass is 495 g/mol. The lowest BCUT2D eigenvalue weighted by Gasteiger charge is -2.38. The predicted octanol–water partition coefficient (Wildman–Crippen LogP) is 4.01. The number of β-amino-alcohol motifs (C(OH)–C–C–N with tert-alkyl or cyclic N) is 1. The summed E-state index contributed by atoms with van der Waals surface area (Å²) in [5.74, 6) is -1.25. The second kappa shape index (κ2) is 10.2. The standard InChI is InChI=1S/C24H28F3N3O3S/c1-16(23(32)33)13-28-8-10-29(11-9-28)14-18(31)15-30-19-4-2-3-5-21(19)34-22-7-6-17(12-20(22)30)24(25,26)27/h2-7,12,16,18,31H,8-11,13-15H2,1H3,(H,32,33). The first kappa shape index (κ1) is 24.8. The van der Waals surface area contributed by atoms with Gasteiger partial charge in [0.1, 0.15) is 0 Å². The van der Waals surface area contributed by atoms with E-state index in [0.29, 0.717) is 45.0 Å². The number of benzene rings is 2. The third-order valence-electron chi connectivity index (χ3n) is 6.23. The smallest absolute Gasteiger partial charge is 0.416 e. The summed E-state index contributed by atoms with van der Waals surface area (Å²) >= 11 is 1.43. The zero-order chi connectivity index (χ0) is 24.5. The number of rotatable bonds is 7. The van der Waals surface area contributed by atoms with Gasteiger partial charge in [-0.25, -0.2) is 0 Å². The highest BCUT2D eigenvalue weighted by atomic mass is 32.2. The predicted molar refractivity (Wildman–Crippen MR) is 125 cm³/mol. The first-order valence-electron chi connectivity index (χ1n) is 11.2. The summed E-state index contributed by atoms with van der Waals surface area (Å²) in [5.41, 5.74) is 0.522. The maximum Gasteiger partial charge on any atom is 0.416 e. The molecule has 1 saturated heterocycles. The molecule has 0 amide bonds. The minimum absolute atomic E-state index is 0.169. The van der Waals surface area contributed by atoms with Crippen LogP contribution in [0.5, 0.6) is 0 Å². The van der Waals surface area contributed by atoms with Crippen molar-refractivity contribution in [3.05, 3.63) is 48.0 Å². The van der Waals surface area contributed by atoms with Gasteiger partial charge in [0.15, 0.2) is 0 Å². The van der Waals surface area contributed by atoms with Crippen LogP contribution in [0, 0.1) is 5.92 Å². The van der Waals surface area contributed by atoms with Crippen molar-refractivity contribution in [2.45, 2.75) is 29.0 Å². The summed E-state index contributed by atoms with van der Waals surface area (Å²) in [6.45, 7) is 5.57. The second-order valence-electron chi connectivity index (χ2n) is 8.85. The van der Waals surface area contributed by atoms with Crippen molar-refractivity contribution in [2.24, 2.45) is 5.92 Å². The highest BCUT2D eigenvalue weighted by molar-refractivity contribution is 7.99. The van der Waals surface area contributed by atoms with E-state index in [2.05, 4.69) is 9.80 Å². The molecule has 2 aromatic rings. The summed E-state index contributed by atoms with van der Waals surface area (Å²) in [4.78, 5) is 18.7. The first-order valence-corrected chi connectivity index (χ1v) is 12.0. The molecule has 2 atom stereocenters. The summed E-state index contributed by atoms with van der Waals surface area (Å²) in [6.07, 6.45) is -5.22. The minimum atomic E-state index is -4.45. The lowest BCUT2D eigenvalue weighted by Crippen LogP contribution is -2.51. The molecule has 0 aromatic heterocycles. The number of piperazine rings is 1. The molecule has 0 radical (unpaired) electrons. The number of alkyl halides is 3. The van der Waals surface area contributed by atoms with Gasteiger partial charge in [-0.3, -0.25) is 14.6 Å². The van der Waals surface area contributed by atoms with Crippen molar-refractivity contribution in [1.82, 2.24) is 9.80 Å². The molecule has 2 heterocycles. The molecule has 0 aliphatic carbocycles. The van der Waals surface area contributed by atoms with E-state index in [1.54, 1.807) is 11.8 Å². The largest absolute Gasteiger partial charge is 0.481 e. The Labute approximate surface area is 201 Å². The number of hydrogen-bond acceptors (Lipinski definition) is 6. The Bertz CT molecular complexity index is 1030. The number of hydrogen-bond donors (Lipinski definition) is 2. The Morgan fingerprint density at radius 3 is 2.24 bits per heavy atom. The van der Waals surface area contributed by atoms with E-state index >= 15 is 0 Å². The van der Waals surface area contributed by atoms with Crippen molar-refractivity contribution in [3.8, 4) is 0 Å². The molecule has 34 heavy (non-hydrogen) atoms. The van der Waals surface area contributed by atoms with Gasteiger partial charge in [0, 0.05) is 49.1 Å². The van der Waals surface area contributed by atoms with E-state index in [-0.39, 0.29) is 6.54 Å². The number of anilines is 2. The van der Waals surface area contributed by atoms with Crippen molar-refractivity contribution in [1.29, 1.82) is 0 Å². The van der Waals surface area contributed by atoms with Gasteiger partial charge in [-0.2, -0.15) is 13.2 Å². The molecule has 10 heteroatoms. The molecule has 2 N–H and O–H groups in total. The van der Waals surface area contributed by atoms with Gasteiger partial charge in [0.2, 0.25) is 0 Å². The van der Waals surface area contributed by atoms with Crippen LogP contribution in [0.25, 0.3) is 0 Å². The van der Waals surface area contributed by atoms with Crippen LogP contribution in [-0.2, 0) is 11.0 Å². The fraction of sp³-hybridized carbons (Fsp3) is 0.458. The average molecular weight is 496 g/mol. The van der Waals surface area contributed by atoms with Crippen molar-refractivity contribution < 1.29 is 28.2 Å². The third kappa shape index (κ3) is 5.68. The van der Waals surface area contributed by atoms with Crippen LogP contribution in [0.4, 0.5) is 24.5 Å². The van der Waals surface area contributed by atoms with Gasteiger partial charge in [0.05, 0.1) is 35.5 Å². The molecule has 0 saturated carbocycles. The number of aliphatic hydroxyl groups is 1.